The Balaban J connectivity index is 1.68. The summed E-state index contributed by atoms with van der Waals surface area (Å²) in [5, 5.41) is 13.2. The highest BCUT2D eigenvalue weighted by Gasteiger charge is 2.10. The van der Waals surface area contributed by atoms with Crippen LogP contribution >= 0.6 is 0 Å². The van der Waals surface area contributed by atoms with E-state index in [0.29, 0.717) is 24.5 Å². The predicted octanol–water partition coefficient (Wildman–Crippen LogP) is 0.852. The van der Waals surface area contributed by atoms with Crippen LogP contribution in [0.5, 0.6) is 0 Å². The molecule has 20 heavy (non-hydrogen) atoms. The molecule has 0 atom stereocenters. The van der Waals surface area contributed by atoms with Gasteiger partial charge in [0, 0.05) is 19.3 Å². The molecule has 0 saturated carbocycles. The molecular weight excluding hydrogens is 258 g/mol. The van der Waals surface area contributed by atoms with E-state index < -0.39 is 0 Å². The minimum atomic E-state index is -0.109. The van der Waals surface area contributed by atoms with E-state index in [4.69, 9.17) is 0 Å². The smallest absolute Gasteiger partial charge is 0.226 e. The van der Waals surface area contributed by atoms with Crippen LogP contribution in [-0.2, 0) is 11.2 Å². The van der Waals surface area contributed by atoms with Gasteiger partial charge < -0.3 is 10.6 Å². The minimum Gasteiger partial charge on any atom is -0.368 e. The molecular formula is C13H17N5O2. The number of nitrogens with one attached hydrogen (secondary N) is 2. The van der Waals surface area contributed by atoms with Crippen molar-refractivity contribution >= 4 is 11.7 Å². The second kappa shape index (κ2) is 6.65. The maximum atomic E-state index is 11.7. The molecule has 0 aromatic carbocycles. The third-order valence-corrected chi connectivity index (χ3v) is 2.74. The molecule has 106 valence electrons. The molecule has 7 heteroatoms. The molecule has 2 aromatic heterocycles. The second-order valence-corrected chi connectivity index (χ2v) is 4.47. The maximum Gasteiger partial charge on any atom is 0.226 e. The first-order valence-corrected chi connectivity index (χ1v) is 6.36. The van der Waals surface area contributed by atoms with E-state index >= 15 is 0 Å². The van der Waals surface area contributed by atoms with Crippen LogP contribution in [0.25, 0.3) is 0 Å². The van der Waals surface area contributed by atoms with Gasteiger partial charge >= 0.3 is 0 Å². The Kier molecular flexibility index (Phi) is 4.65. The number of amides is 1. The number of pyridine rings is 1. The number of aryl methyl sites for hydroxylation is 2. The molecule has 2 rings (SSSR count). The van der Waals surface area contributed by atoms with Crippen molar-refractivity contribution in [2.75, 3.05) is 18.4 Å². The Hall–Kier alpha value is -2.44. The molecule has 0 bridgehead atoms. The Morgan fingerprint density at radius 1 is 1.30 bits per heavy atom. The summed E-state index contributed by atoms with van der Waals surface area (Å²) in [7, 11) is 0. The fourth-order valence-electron chi connectivity index (χ4n) is 1.65. The molecule has 0 fully saturated rings. The average Bonchev–Trinajstić information content (AvgIpc) is 2.80. The average molecular weight is 275 g/mol. The summed E-state index contributed by atoms with van der Waals surface area (Å²) in [6.45, 7) is 4.88. The lowest BCUT2D eigenvalue weighted by molar-refractivity contribution is -0.120. The van der Waals surface area contributed by atoms with Crippen LogP contribution in [0.3, 0.4) is 0 Å². The molecule has 0 unspecified atom stereocenters. The van der Waals surface area contributed by atoms with Crippen molar-refractivity contribution in [3.8, 4) is 0 Å². The number of hydrogen-bond donors (Lipinski definition) is 2. The fraction of sp³-hybridized carbons (Fsp3) is 0.385. The van der Waals surface area contributed by atoms with Gasteiger partial charge in [0.15, 0.2) is 0 Å². The fourth-order valence-corrected chi connectivity index (χ4v) is 1.65. The van der Waals surface area contributed by atoms with Gasteiger partial charge in [0.2, 0.25) is 5.91 Å². The summed E-state index contributed by atoms with van der Waals surface area (Å²) in [5.74, 6) is 0.693. The van der Waals surface area contributed by atoms with Crippen molar-refractivity contribution < 1.29 is 9.42 Å². The number of carbonyl (C=O) groups excluding carboxylic acids is 1. The first kappa shape index (κ1) is 14.0. The van der Waals surface area contributed by atoms with Crippen LogP contribution in [-0.4, -0.2) is 34.3 Å². The first-order chi connectivity index (χ1) is 9.65. The molecule has 0 aliphatic heterocycles. The van der Waals surface area contributed by atoms with Crippen LogP contribution in [0.4, 0.5) is 5.82 Å². The lowest BCUT2D eigenvalue weighted by Crippen LogP contribution is -2.30. The number of aromatic nitrogens is 3. The Labute approximate surface area is 116 Å². The van der Waals surface area contributed by atoms with Crippen molar-refractivity contribution in [3.63, 3.8) is 0 Å². The van der Waals surface area contributed by atoms with E-state index in [1.54, 1.807) is 13.1 Å². The van der Waals surface area contributed by atoms with E-state index in [9.17, 15) is 4.79 Å². The number of anilines is 1. The molecule has 2 heterocycles. The molecule has 0 aliphatic carbocycles. The van der Waals surface area contributed by atoms with Gasteiger partial charge in [-0.25, -0.2) is 9.61 Å². The first-order valence-electron chi connectivity index (χ1n) is 6.36. The van der Waals surface area contributed by atoms with Crippen LogP contribution in [0.2, 0.25) is 0 Å². The summed E-state index contributed by atoms with van der Waals surface area (Å²) in [4.78, 5) is 15.8. The molecule has 2 N–H and O–H groups in total. The van der Waals surface area contributed by atoms with Crippen molar-refractivity contribution in [1.29, 1.82) is 0 Å². The maximum absolute atomic E-state index is 11.7. The van der Waals surface area contributed by atoms with Gasteiger partial charge in [-0.3, -0.25) is 4.79 Å². The van der Waals surface area contributed by atoms with E-state index in [1.807, 2.05) is 19.1 Å². The predicted molar refractivity (Wildman–Crippen MR) is 73.2 cm³/mol. The van der Waals surface area contributed by atoms with E-state index in [1.165, 1.54) is 0 Å². The number of carbonyl (C=O) groups is 1. The summed E-state index contributed by atoms with van der Waals surface area (Å²) >= 11 is 0. The molecule has 0 radical (unpaired) electrons. The Bertz CT molecular complexity index is 582. The van der Waals surface area contributed by atoms with Crippen LogP contribution in [0, 0.1) is 13.8 Å². The van der Waals surface area contributed by atoms with Crippen molar-refractivity contribution in [2.24, 2.45) is 0 Å². The Morgan fingerprint density at radius 2 is 2.15 bits per heavy atom. The second-order valence-electron chi connectivity index (χ2n) is 4.47. The van der Waals surface area contributed by atoms with E-state index in [0.717, 1.165) is 11.4 Å². The third kappa shape index (κ3) is 4.04. The van der Waals surface area contributed by atoms with Crippen molar-refractivity contribution in [1.82, 2.24) is 20.6 Å². The number of rotatable bonds is 6. The van der Waals surface area contributed by atoms with Crippen LogP contribution < -0.4 is 10.6 Å². The summed E-state index contributed by atoms with van der Waals surface area (Å²) < 4.78 is 4.54. The number of nitrogens with zero attached hydrogens (tertiary/aromatic N) is 3. The van der Waals surface area contributed by atoms with E-state index in [2.05, 4.69) is 30.6 Å². The van der Waals surface area contributed by atoms with Gasteiger partial charge in [-0.15, -0.1) is 0 Å². The zero-order valence-electron chi connectivity index (χ0n) is 11.5. The monoisotopic (exact) mass is 275 g/mol. The summed E-state index contributed by atoms with van der Waals surface area (Å²) in [6, 6.07) is 3.88. The highest BCUT2D eigenvalue weighted by atomic mass is 16.6. The van der Waals surface area contributed by atoms with Crippen molar-refractivity contribution in [3.05, 3.63) is 35.3 Å². The lowest BCUT2D eigenvalue weighted by Gasteiger charge is -2.07. The zero-order valence-corrected chi connectivity index (χ0v) is 11.5. The number of hydrogen-bond acceptors (Lipinski definition) is 6. The van der Waals surface area contributed by atoms with Crippen LogP contribution in [0.1, 0.15) is 17.0 Å². The summed E-state index contributed by atoms with van der Waals surface area (Å²) in [5.41, 5.74) is 2.35. The molecule has 7 nitrogen and oxygen atoms in total. The van der Waals surface area contributed by atoms with Crippen LogP contribution in [0.15, 0.2) is 23.0 Å². The quantitative estimate of drug-likeness (QED) is 0.759. The van der Waals surface area contributed by atoms with Gasteiger partial charge in [-0.1, -0.05) is 10.3 Å². The molecule has 2 aromatic rings. The third-order valence-electron chi connectivity index (χ3n) is 2.74. The van der Waals surface area contributed by atoms with Gasteiger partial charge in [-0.05, 0) is 31.5 Å². The molecule has 0 aliphatic rings. The van der Waals surface area contributed by atoms with Gasteiger partial charge in [-0.2, -0.15) is 0 Å². The lowest BCUT2D eigenvalue weighted by atomic mass is 10.2. The molecule has 1 amide bonds. The topological polar surface area (TPSA) is 92.9 Å². The van der Waals surface area contributed by atoms with Crippen molar-refractivity contribution in [2.45, 2.75) is 20.3 Å². The Morgan fingerprint density at radius 3 is 2.85 bits per heavy atom. The van der Waals surface area contributed by atoms with Gasteiger partial charge in [0.25, 0.3) is 0 Å². The van der Waals surface area contributed by atoms with E-state index in [-0.39, 0.29) is 12.3 Å². The standard InChI is InChI=1S/C13H17N5O2/c1-9-3-4-14-12(7-9)15-5-6-16-13(19)8-11-10(2)17-20-18-11/h3-4,7H,5-6,8H2,1-2H3,(H,14,15)(H,16,19). The molecule has 0 saturated heterocycles. The normalized spacial score (nSPS) is 10.3. The molecule has 0 spiro atoms. The largest absolute Gasteiger partial charge is 0.368 e. The SMILES string of the molecule is Cc1ccnc(NCCNC(=O)Cc2nonc2C)c1. The van der Waals surface area contributed by atoms with Gasteiger partial charge in [0.05, 0.1) is 6.42 Å². The summed E-state index contributed by atoms with van der Waals surface area (Å²) in [6.07, 6.45) is 1.93. The highest BCUT2D eigenvalue weighted by Crippen LogP contribution is 2.04. The highest BCUT2D eigenvalue weighted by molar-refractivity contribution is 5.78. The minimum absolute atomic E-state index is 0.109. The zero-order chi connectivity index (χ0) is 14.4. The van der Waals surface area contributed by atoms with Gasteiger partial charge in [0.1, 0.15) is 17.2 Å².